The standard InChI is InChI=1S/C16H19BrN2O/c1-19(2)11-12-4-3-5-15(8-12)18-10-13-9-14(17)6-7-16(13)20/h3-9,18,20H,10-11H2,1-2H3. The van der Waals surface area contributed by atoms with Crippen LogP contribution in [0.2, 0.25) is 0 Å². The first-order chi connectivity index (χ1) is 9.54. The summed E-state index contributed by atoms with van der Waals surface area (Å²) in [6.45, 7) is 1.51. The molecule has 0 amide bonds. The fourth-order valence-corrected chi connectivity index (χ4v) is 2.45. The Labute approximate surface area is 128 Å². The molecule has 4 heteroatoms. The topological polar surface area (TPSA) is 35.5 Å². The average Bonchev–Trinajstić information content (AvgIpc) is 2.39. The zero-order chi connectivity index (χ0) is 14.5. The number of phenols is 1. The Morgan fingerprint density at radius 2 is 1.95 bits per heavy atom. The molecule has 0 aromatic heterocycles. The van der Waals surface area contributed by atoms with Crippen LogP contribution in [0.3, 0.4) is 0 Å². The van der Waals surface area contributed by atoms with Gasteiger partial charge in [0.1, 0.15) is 5.75 Å². The second-order valence-corrected chi connectivity index (χ2v) is 5.98. The minimum atomic E-state index is 0.310. The van der Waals surface area contributed by atoms with Crippen molar-refractivity contribution < 1.29 is 5.11 Å². The molecular formula is C16H19BrN2O. The van der Waals surface area contributed by atoms with Crippen LogP contribution in [-0.2, 0) is 13.1 Å². The number of rotatable bonds is 5. The van der Waals surface area contributed by atoms with Crippen molar-refractivity contribution in [1.29, 1.82) is 0 Å². The highest BCUT2D eigenvalue weighted by Gasteiger charge is 2.03. The Hall–Kier alpha value is -1.52. The number of nitrogens with zero attached hydrogens (tertiary/aromatic N) is 1. The summed E-state index contributed by atoms with van der Waals surface area (Å²) in [5.74, 6) is 0.310. The van der Waals surface area contributed by atoms with E-state index in [-0.39, 0.29) is 0 Å². The molecule has 0 bridgehead atoms. The van der Waals surface area contributed by atoms with Crippen molar-refractivity contribution in [2.75, 3.05) is 19.4 Å². The molecule has 2 N–H and O–H groups in total. The Morgan fingerprint density at radius 3 is 2.70 bits per heavy atom. The van der Waals surface area contributed by atoms with Crippen molar-refractivity contribution in [3.8, 4) is 5.75 Å². The van der Waals surface area contributed by atoms with E-state index in [1.54, 1.807) is 6.07 Å². The first-order valence-electron chi connectivity index (χ1n) is 6.49. The van der Waals surface area contributed by atoms with E-state index in [1.807, 2.05) is 24.3 Å². The minimum absolute atomic E-state index is 0.310. The number of aromatic hydroxyl groups is 1. The lowest BCUT2D eigenvalue weighted by molar-refractivity contribution is 0.402. The highest BCUT2D eigenvalue weighted by molar-refractivity contribution is 9.10. The highest BCUT2D eigenvalue weighted by atomic mass is 79.9. The van der Waals surface area contributed by atoms with Gasteiger partial charge in [-0.1, -0.05) is 28.1 Å². The average molecular weight is 335 g/mol. The van der Waals surface area contributed by atoms with Gasteiger partial charge in [0, 0.05) is 28.8 Å². The molecule has 2 aromatic rings. The van der Waals surface area contributed by atoms with Crippen LogP contribution in [0, 0.1) is 0 Å². The summed E-state index contributed by atoms with van der Waals surface area (Å²) in [5, 5.41) is 13.2. The zero-order valence-corrected chi connectivity index (χ0v) is 13.3. The smallest absolute Gasteiger partial charge is 0.120 e. The maximum Gasteiger partial charge on any atom is 0.120 e. The van der Waals surface area contributed by atoms with Gasteiger partial charge in [0.25, 0.3) is 0 Å². The van der Waals surface area contributed by atoms with Crippen molar-refractivity contribution in [2.24, 2.45) is 0 Å². The van der Waals surface area contributed by atoms with Gasteiger partial charge in [-0.2, -0.15) is 0 Å². The normalized spacial score (nSPS) is 10.8. The van der Waals surface area contributed by atoms with Gasteiger partial charge in [0.15, 0.2) is 0 Å². The van der Waals surface area contributed by atoms with Crippen LogP contribution in [0.4, 0.5) is 5.69 Å². The molecule has 0 aliphatic rings. The van der Waals surface area contributed by atoms with E-state index in [9.17, 15) is 5.11 Å². The number of anilines is 1. The molecule has 3 nitrogen and oxygen atoms in total. The summed E-state index contributed by atoms with van der Waals surface area (Å²) in [7, 11) is 4.11. The highest BCUT2D eigenvalue weighted by Crippen LogP contribution is 2.23. The van der Waals surface area contributed by atoms with Gasteiger partial charge in [-0.15, -0.1) is 0 Å². The van der Waals surface area contributed by atoms with E-state index in [1.165, 1.54) is 5.56 Å². The Kier molecular flexibility index (Phi) is 5.04. The van der Waals surface area contributed by atoms with E-state index >= 15 is 0 Å². The summed E-state index contributed by atoms with van der Waals surface area (Å²) in [5.41, 5.74) is 3.19. The van der Waals surface area contributed by atoms with E-state index in [2.05, 4.69) is 52.4 Å². The van der Waals surface area contributed by atoms with Gasteiger partial charge in [-0.05, 0) is 50.0 Å². The number of hydrogen-bond donors (Lipinski definition) is 2. The van der Waals surface area contributed by atoms with Gasteiger partial charge in [-0.25, -0.2) is 0 Å². The monoisotopic (exact) mass is 334 g/mol. The molecule has 2 aromatic carbocycles. The van der Waals surface area contributed by atoms with Crippen molar-refractivity contribution >= 4 is 21.6 Å². The number of nitrogens with one attached hydrogen (secondary N) is 1. The summed E-state index contributed by atoms with van der Waals surface area (Å²) in [6.07, 6.45) is 0. The molecule has 2 rings (SSSR count). The molecule has 0 saturated carbocycles. The quantitative estimate of drug-likeness (QED) is 0.872. The molecule has 0 aliphatic carbocycles. The van der Waals surface area contributed by atoms with Gasteiger partial charge >= 0.3 is 0 Å². The molecule has 0 spiro atoms. The fourth-order valence-electron chi connectivity index (χ4n) is 2.04. The molecule has 0 aliphatic heterocycles. The van der Waals surface area contributed by atoms with Crippen molar-refractivity contribution in [2.45, 2.75) is 13.1 Å². The van der Waals surface area contributed by atoms with E-state index in [0.29, 0.717) is 12.3 Å². The van der Waals surface area contributed by atoms with Crippen LogP contribution in [0.5, 0.6) is 5.75 Å². The van der Waals surface area contributed by atoms with Gasteiger partial charge < -0.3 is 15.3 Å². The number of halogens is 1. The number of hydrogen-bond acceptors (Lipinski definition) is 3. The van der Waals surface area contributed by atoms with Crippen LogP contribution in [-0.4, -0.2) is 24.1 Å². The third-order valence-corrected chi connectivity index (χ3v) is 3.44. The summed E-state index contributed by atoms with van der Waals surface area (Å²) in [4.78, 5) is 2.14. The lowest BCUT2D eigenvalue weighted by Crippen LogP contribution is -2.10. The predicted octanol–water partition coefficient (Wildman–Crippen LogP) is 3.83. The molecule has 106 valence electrons. The molecule has 20 heavy (non-hydrogen) atoms. The van der Waals surface area contributed by atoms with Gasteiger partial charge in [0.05, 0.1) is 0 Å². The van der Waals surface area contributed by atoms with Crippen LogP contribution in [0.15, 0.2) is 46.9 Å². The lowest BCUT2D eigenvalue weighted by atomic mass is 10.1. The van der Waals surface area contributed by atoms with E-state index in [0.717, 1.165) is 22.3 Å². The first kappa shape index (κ1) is 14.9. The SMILES string of the molecule is CN(C)Cc1cccc(NCc2cc(Br)ccc2O)c1. The Morgan fingerprint density at radius 1 is 1.15 bits per heavy atom. The Bertz CT molecular complexity index is 584. The van der Waals surface area contributed by atoms with E-state index in [4.69, 9.17) is 0 Å². The summed E-state index contributed by atoms with van der Waals surface area (Å²) < 4.78 is 0.966. The second kappa shape index (κ2) is 6.77. The van der Waals surface area contributed by atoms with Crippen LogP contribution in [0.1, 0.15) is 11.1 Å². The van der Waals surface area contributed by atoms with Crippen LogP contribution in [0.25, 0.3) is 0 Å². The molecule has 0 saturated heterocycles. The van der Waals surface area contributed by atoms with Crippen LogP contribution >= 0.6 is 15.9 Å². The second-order valence-electron chi connectivity index (χ2n) is 5.06. The lowest BCUT2D eigenvalue weighted by Gasteiger charge is -2.12. The van der Waals surface area contributed by atoms with Crippen molar-refractivity contribution in [3.05, 3.63) is 58.1 Å². The van der Waals surface area contributed by atoms with Crippen molar-refractivity contribution in [3.63, 3.8) is 0 Å². The summed E-state index contributed by atoms with van der Waals surface area (Å²) in [6, 6.07) is 13.8. The third kappa shape index (κ3) is 4.25. The molecule has 0 heterocycles. The molecule has 0 radical (unpaired) electrons. The zero-order valence-electron chi connectivity index (χ0n) is 11.7. The molecular weight excluding hydrogens is 316 g/mol. The molecule has 0 unspecified atom stereocenters. The fraction of sp³-hybridized carbons (Fsp3) is 0.250. The Balaban J connectivity index is 2.05. The molecule has 0 atom stereocenters. The van der Waals surface area contributed by atoms with Gasteiger partial charge in [0.2, 0.25) is 0 Å². The van der Waals surface area contributed by atoms with E-state index < -0.39 is 0 Å². The number of benzene rings is 2. The predicted molar refractivity (Wildman–Crippen MR) is 87.0 cm³/mol. The first-order valence-corrected chi connectivity index (χ1v) is 7.29. The van der Waals surface area contributed by atoms with Gasteiger partial charge in [-0.3, -0.25) is 0 Å². The minimum Gasteiger partial charge on any atom is -0.508 e. The summed E-state index contributed by atoms with van der Waals surface area (Å²) >= 11 is 3.42. The maximum absolute atomic E-state index is 9.82. The third-order valence-electron chi connectivity index (χ3n) is 2.95. The van der Waals surface area contributed by atoms with Crippen molar-refractivity contribution in [1.82, 2.24) is 4.90 Å². The maximum atomic E-state index is 9.82. The van der Waals surface area contributed by atoms with Crippen LogP contribution < -0.4 is 5.32 Å². The number of phenolic OH excluding ortho intramolecular Hbond substituents is 1. The molecule has 0 fully saturated rings. The largest absolute Gasteiger partial charge is 0.508 e.